The maximum absolute atomic E-state index is 13.7. The number of amides is 1. The van der Waals surface area contributed by atoms with Crippen molar-refractivity contribution in [2.75, 3.05) is 0 Å². The first-order chi connectivity index (χ1) is 15.0. The minimum atomic E-state index is -0.430. The molecule has 3 aromatic rings. The lowest BCUT2D eigenvalue weighted by molar-refractivity contribution is -0.120. The van der Waals surface area contributed by atoms with E-state index >= 15 is 0 Å². The first-order valence-electron chi connectivity index (χ1n) is 11.1. The van der Waals surface area contributed by atoms with Crippen molar-refractivity contribution >= 4 is 39.2 Å². The highest BCUT2D eigenvalue weighted by molar-refractivity contribution is 8.00. The normalized spacial score (nSPS) is 17.9. The fourth-order valence-corrected chi connectivity index (χ4v) is 6.61. The van der Waals surface area contributed by atoms with Gasteiger partial charge in [0.15, 0.2) is 5.16 Å². The summed E-state index contributed by atoms with van der Waals surface area (Å²) in [7, 11) is 0. The molecule has 0 bridgehead atoms. The summed E-state index contributed by atoms with van der Waals surface area (Å²) in [6, 6.07) is 10.3. The summed E-state index contributed by atoms with van der Waals surface area (Å²) in [5.74, 6) is 0.00422. The van der Waals surface area contributed by atoms with Crippen molar-refractivity contribution in [1.29, 1.82) is 0 Å². The third-order valence-electron chi connectivity index (χ3n) is 6.38. The molecule has 2 aromatic heterocycles. The van der Waals surface area contributed by atoms with Crippen molar-refractivity contribution in [1.82, 2.24) is 14.9 Å². The van der Waals surface area contributed by atoms with Gasteiger partial charge in [-0.25, -0.2) is 4.98 Å². The minimum absolute atomic E-state index is 0.00422. The molecule has 1 N–H and O–H groups in total. The first kappa shape index (κ1) is 20.8. The zero-order chi connectivity index (χ0) is 21.5. The van der Waals surface area contributed by atoms with Crippen LogP contribution >= 0.6 is 23.1 Å². The van der Waals surface area contributed by atoms with Crippen LogP contribution in [0.5, 0.6) is 0 Å². The number of aromatic nitrogens is 2. The van der Waals surface area contributed by atoms with Gasteiger partial charge in [0.1, 0.15) is 10.1 Å². The Morgan fingerprint density at radius 2 is 1.87 bits per heavy atom. The molecule has 1 unspecified atom stereocenters. The largest absolute Gasteiger partial charge is 0.352 e. The second kappa shape index (κ2) is 8.43. The molecule has 5 rings (SSSR count). The Labute approximate surface area is 190 Å². The molecule has 162 valence electrons. The number of nitrogens with one attached hydrogen (secondary N) is 1. The van der Waals surface area contributed by atoms with Crippen molar-refractivity contribution in [3.63, 3.8) is 0 Å². The second-order valence-corrected chi connectivity index (χ2v) is 10.9. The van der Waals surface area contributed by atoms with Crippen LogP contribution in [0.25, 0.3) is 10.2 Å². The lowest BCUT2D eigenvalue weighted by Crippen LogP contribution is -2.31. The van der Waals surface area contributed by atoms with E-state index in [2.05, 4.69) is 5.32 Å². The molecule has 2 heterocycles. The molecule has 5 nitrogen and oxygen atoms in total. The van der Waals surface area contributed by atoms with Crippen LogP contribution in [0.1, 0.15) is 65.8 Å². The fraction of sp³-hybridized carbons (Fsp3) is 0.458. The van der Waals surface area contributed by atoms with Crippen molar-refractivity contribution < 1.29 is 4.79 Å². The summed E-state index contributed by atoms with van der Waals surface area (Å²) in [5.41, 5.74) is 2.03. The smallest absolute Gasteiger partial charge is 0.263 e. The number of aryl methyl sites for hydroxylation is 2. The molecule has 0 aliphatic heterocycles. The first-order valence-corrected chi connectivity index (χ1v) is 12.8. The standard InChI is InChI=1S/C24H27N3O2S2/c1-14-15(2)30-22-19(14)23(29)27(18-10-6-7-11-18)24(26-22)31-20(16-8-4-3-5-9-16)21(28)25-17-12-13-17/h3-5,8-9,17-18,20H,6-7,10-13H2,1-2H3,(H,25,28). The van der Waals surface area contributed by atoms with E-state index < -0.39 is 5.25 Å². The van der Waals surface area contributed by atoms with Gasteiger partial charge in [-0.1, -0.05) is 54.9 Å². The van der Waals surface area contributed by atoms with Gasteiger partial charge in [0.05, 0.1) is 5.39 Å². The quantitative estimate of drug-likeness (QED) is 0.406. The average Bonchev–Trinajstić information content (AvgIpc) is 3.31. The number of fused-ring (bicyclic) bond motifs is 1. The number of carbonyl (C=O) groups is 1. The van der Waals surface area contributed by atoms with Gasteiger partial charge in [0, 0.05) is 17.0 Å². The van der Waals surface area contributed by atoms with Gasteiger partial charge in [-0.05, 0) is 50.7 Å². The number of hydrogen-bond acceptors (Lipinski definition) is 5. The van der Waals surface area contributed by atoms with E-state index in [0.29, 0.717) is 5.16 Å². The number of hydrogen-bond donors (Lipinski definition) is 1. The van der Waals surface area contributed by atoms with E-state index in [9.17, 15) is 9.59 Å². The molecule has 1 aromatic carbocycles. The van der Waals surface area contributed by atoms with Crippen LogP contribution in [0.3, 0.4) is 0 Å². The number of carbonyl (C=O) groups excluding carboxylic acids is 1. The highest BCUT2D eigenvalue weighted by atomic mass is 32.2. The maximum Gasteiger partial charge on any atom is 0.263 e. The van der Waals surface area contributed by atoms with Crippen LogP contribution in [0.15, 0.2) is 40.3 Å². The lowest BCUT2D eigenvalue weighted by atomic mass is 10.1. The average molecular weight is 454 g/mol. The van der Waals surface area contributed by atoms with Crippen molar-refractivity contribution in [3.05, 3.63) is 56.7 Å². The summed E-state index contributed by atoms with van der Waals surface area (Å²) in [6.45, 7) is 4.06. The predicted molar refractivity (Wildman–Crippen MR) is 127 cm³/mol. The Bertz CT molecular complexity index is 1170. The van der Waals surface area contributed by atoms with Gasteiger partial charge in [-0.15, -0.1) is 11.3 Å². The topological polar surface area (TPSA) is 64.0 Å². The number of benzene rings is 1. The van der Waals surface area contributed by atoms with E-state index in [1.807, 2.05) is 48.7 Å². The number of thioether (sulfide) groups is 1. The SMILES string of the molecule is Cc1sc2nc(SC(C(=O)NC3CC3)c3ccccc3)n(C3CCCC3)c(=O)c2c1C. The Hall–Kier alpha value is -2.12. The predicted octanol–water partition coefficient (Wildman–Crippen LogP) is 5.30. The third-order valence-corrected chi connectivity index (χ3v) is 8.70. The molecule has 7 heteroatoms. The molecule has 1 amide bonds. The Kier molecular flexibility index (Phi) is 5.65. The molecule has 0 radical (unpaired) electrons. The maximum atomic E-state index is 13.7. The van der Waals surface area contributed by atoms with Gasteiger partial charge < -0.3 is 5.32 Å². The van der Waals surface area contributed by atoms with Gasteiger partial charge >= 0.3 is 0 Å². The van der Waals surface area contributed by atoms with Crippen molar-refractivity contribution in [2.45, 2.75) is 74.9 Å². The number of rotatable bonds is 6. The summed E-state index contributed by atoms with van der Waals surface area (Å²) < 4.78 is 1.90. The molecule has 2 aliphatic rings. The van der Waals surface area contributed by atoms with E-state index in [4.69, 9.17) is 4.98 Å². The Morgan fingerprint density at radius 3 is 2.55 bits per heavy atom. The van der Waals surface area contributed by atoms with E-state index in [1.54, 1.807) is 11.3 Å². The Balaban J connectivity index is 1.62. The minimum Gasteiger partial charge on any atom is -0.352 e. The molecule has 1 atom stereocenters. The molecule has 2 aliphatic carbocycles. The third kappa shape index (κ3) is 4.05. The van der Waals surface area contributed by atoms with Crippen LogP contribution in [0.2, 0.25) is 0 Å². The van der Waals surface area contributed by atoms with Crippen molar-refractivity contribution in [3.8, 4) is 0 Å². The molecule has 0 spiro atoms. The van der Waals surface area contributed by atoms with Crippen molar-refractivity contribution in [2.24, 2.45) is 0 Å². The van der Waals surface area contributed by atoms with Crippen LogP contribution in [0, 0.1) is 13.8 Å². The van der Waals surface area contributed by atoms with E-state index in [1.165, 1.54) is 11.8 Å². The van der Waals surface area contributed by atoms with Crippen LogP contribution in [-0.4, -0.2) is 21.5 Å². The van der Waals surface area contributed by atoms with Crippen LogP contribution in [-0.2, 0) is 4.79 Å². The van der Waals surface area contributed by atoms with E-state index in [-0.39, 0.29) is 23.6 Å². The fourth-order valence-electron chi connectivity index (χ4n) is 4.37. The molecular formula is C24H27N3O2S2. The molecular weight excluding hydrogens is 426 g/mol. The molecule has 0 saturated heterocycles. The van der Waals surface area contributed by atoms with Gasteiger partial charge in [-0.3, -0.25) is 14.2 Å². The van der Waals surface area contributed by atoms with Crippen LogP contribution < -0.4 is 10.9 Å². The molecule has 2 fully saturated rings. The summed E-state index contributed by atoms with van der Waals surface area (Å²) in [4.78, 5) is 33.7. The highest BCUT2D eigenvalue weighted by Crippen LogP contribution is 2.40. The highest BCUT2D eigenvalue weighted by Gasteiger charge is 2.32. The van der Waals surface area contributed by atoms with Crippen LogP contribution in [0.4, 0.5) is 0 Å². The zero-order valence-electron chi connectivity index (χ0n) is 17.9. The second-order valence-electron chi connectivity index (χ2n) is 8.66. The van der Waals surface area contributed by atoms with Gasteiger partial charge in [-0.2, -0.15) is 0 Å². The lowest BCUT2D eigenvalue weighted by Gasteiger charge is -2.22. The number of nitrogens with zero attached hydrogens (tertiary/aromatic N) is 2. The molecule has 31 heavy (non-hydrogen) atoms. The van der Waals surface area contributed by atoms with Gasteiger partial charge in [0.2, 0.25) is 5.91 Å². The summed E-state index contributed by atoms with van der Waals surface area (Å²) in [5, 5.41) is 4.14. The number of thiophene rings is 1. The molecule has 2 saturated carbocycles. The summed E-state index contributed by atoms with van der Waals surface area (Å²) >= 11 is 3.00. The zero-order valence-corrected chi connectivity index (χ0v) is 19.5. The van der Waals surface area contributed by atoms with Gasteiger partial charge in [0.25, 0.3) is 5.56 Å². The summed E-state index contributed by atoms with van der Waals surface area (Å²) in [6.07, 6.45) is 6.34. The Morgan fingerprint density at radius 1 is 1.16 bits per heavy atom. The monoisotopic (exact) mass is 453 g/mol. The van der Waals surface area contributed by atoms with E-state index in [0.717, 1.165) is 64.7 Å².